The fourth-order valence-corrected chi connectivity index (χ4v) is 4.05. The van der Waals surface area contributed by atoms with Crippen molar-refractivity contribution in [1.29, 1.82) is 0 Å². The molecule has 8 heteroatoms. The highest BCUT2D eigenvalue weighted by Crippen LogP contribution is 2.29. The monoisotopic (exact) mass is 460 g/mol. The van der Waals surface area contributed by atoms with Gasteiger partial charge in [0.05, 0.1) is 18.8 Å². The van der Waals surface area contributed by atoms with E-state index in [0.29, 0.717) is 12.1 Å². The number of pyridine rings is 3. The van der Waals surface area contributed by atoms with Crippen molar-refractivity contribution in [2.45, 2.75) is 26.2 Å². The predicted molar refractivity (Wildman–Crippen MR) is 123 cm³/mol. The van der Waals surface area contributed by atoms with Crippen LogP contribution in [0.1, 0.15) is 33.6 Å². The lowest BCUT2D eigenvalue weighted by Crippen LogP contribution is -2.19. The maximum atomic E-state index is 12.9. The van der Waals surface area contributed by atoms with E-state index in [2.05, 4.69) is 9.97 Å². The Bertz CT molecular complexity index is 1490. The molecule has 1 aromatic carbocycles. The highest BCUT2D eigenvalue weighted by molar-refractivity contribution is 6.15. The number of halogens is 3. The second kappa shape index (κ2) is 8.37. The molecule has 0 amide bonds. The molecule has 5 rings (SSSR count). The van der Waals surface area contributed by atoms with Crippen LogP contribution in [0.15, 0.2) is 83.0 Å². The number of alkyl halides is 3. The largest absolute Gasteiger partial charge is 0.433 e. The van der Waals surface area contributed by atoms with Crippen molar-refractivity contribution in [3.63, 3.8) is 0 Å². The van der Waals surface area contributed by atoms with Crippen LogP contribution in [0, 0.1) is 6.92 Å². The van der Waals surface area contributed by atoms with Gasteiger partial charge in [-0.3, -0.25) is 19.8 Å². The van der Waals surface area contributed by atoms with Gasteiger partial charge in [0.1, 0.15) is 5.69 Å². The summed E-state index contributed by atoms with van der Waals surface area (Å²) in [6.07, 6.45) is -0.0734. The number of aromatic nitrogens is 3. The minimum atomic E-state index is -4.53. The fourth-order valence-electron chi connectivity index (χ4n) is 4.05. The summed E-state index contributed by atoms with van der Waals surface area (Å²) in [5, 5.41) is 0. The van der Waals surface area contributed by atoms with Crippen LogP contribution in [0.3, 0.4) is 0 Å². The molecule has 0 unspecified atom stereocenters. The summed E-state index contributed by atoms with van der Waals surface area (Å²) >= 11 is 0. The molecule has 0 N–H and O–H groups in total. The highest BCUT2D eigenvalue weighted by Gasteiger charge is 2.32. The molecule has 0 radical (unpaired) electrons. The molecule has 0 aliphatic carbocycles. The zero-order chi connectivity index (χ0) is 23.9. The molecule has 1 aliphatic heterocycles. The van der Waals surface area contributed by atoms with E-state index in [1.807, 2.05) is 37.3 Å². The summed E-state index contributed by atoms with van der Waals surface area (Å²) in [5.41, 5.74) is 5.59. The van der Waals surface area contributed by atoms with Crippen molar-refractivity contribution >= 4 is 5.71 Å². The number of rotatable bonds is 4. The Kier molecular flexibility index (Phi) is 5.36. The number of benzene rings is 1. The van der Waals surface area contributed by atoms with Gasteiger partial charge in [-0.05, 0) is 65.6 Å². The Labute approximate surface area is 193 Å². The summed E-state index contributed by atoms with van der Waals surface area (Å²) in [4.78, 5) is 25.1. The molecule has 4 aromatic rings. The molecule has 170 valence electrons. The molecule has 1 aliphatic rings. The first-order valence-electron chi connectivity index (χ1n) is 10.6. The zero-order valence-corrected chi connectivity index (χ0v) is 18.2. The third-order valence-corrected chi connectivity index (χ3v) is 5.74. The molecule has 0 fully saturated rings. The molecule has 0 bridgehead atoms. The van der Waals surface area contributed by atoms with Gasteiger partial charge >= 0.3 is 6.18 Å². The third kappa shape index (κ3) is 4.26. The molecule has 0 atom stereocenters. The average Bonchev–Trinajstić information content (AvgIpc) is 3.23. The highest BCUT2D eigenvalue weighted by atomic mass is 19.4. The molecule has 0 spiro atoms. The van der Waals surface area contributed by atoms with Crippen LogP contribution in [-0.4, -0.2) is 20.2 Å². The average molecular weight is 460 g/mol. The van der Waals surface area contributed by atoms with Crippen LogP contribution < -0.4 is 5.56 Å². The molecule has 0 saturated carbocycles. The third-order valence-electron chi connectivity index (χ3n) is 5.74. The minimum absolute atomic E-state index is 0.0209. The van der Waals surface area contributed by atoms with E-state index >= 15 is 0 Å². The fraction of sp³-hybridized carbons (Fsp3) is 0.154. The van der Waals surface area contributed by atoms with Gasteiger partial charge in [0.25, 0.3) is 5.56 Å². The summed E-state index contributed by atoms with van der Waals surface area (Å²) in [7, 11) is 0. The SMILES string of the molecule is Cc1cc(C2=NCc3ccc(-c4ccn(Cc5ccnc(C(F)(F)F)c5)c(=O)c4)cc32)ccn1. The first kappa shape index (κ1) is 21.8. The van der Waals surface area contributed by atoms with E-state index in [-0.39, 0.29) is 12.1 Å². The van der Waals surface area contributed by atoms with Gasteiger partial charge in [-0.15, -0.1) is 0 Å². The molecule has 3 aromatic heterocycles. The first-order valence-corrected chi connectivity index (χ1v) is 10.6. The van der Waals surface area contributed by atoms with E-state index in [0.717, 1.165) is 51.5 Å². The van der Waals surface area contributed by atoms with Gasteiger partial charge in [-0.1, -0.05) is 12.1 Å². The predicted octanol–water partition coefficient (Wildman–Crippen LogP) is 5.03. The standard InChI is InChI=1S/C26H19F3N4O/c1-16-10-20(5-8-30-16)25-22-12-18(2-3-21(22)14-32-25)19-6-9-33(24(34)13-19)15-17-4-7-31-23(11-17)26(27,28)29/h2-13H,14-15H2,1H3. The minimum Gasteiger partial charge on any atom is -0.311 e. The number of aliphatic imine (C=N–C) groups is 1. The molecule has 34 heavy (non-hydrogen) atoms. The first-order chi connectivity index (χ1) is 16.3. The summed E-state index contributed by atoms with van der Waals surface area (Å²) in [6, 6.07) is 15.6. The van der Waals surface area contributed by atoms with Crippen LogP contribution in [0.2, 0.25) is 0 Å². The number of hydrogen-bond acceptors (Lipinski definition) is 4. The number of aryl methyl sites for hydroxylation is 1. The molecule has 0 saturated heterocycles. The van der Waals surface area contributed by atoms with Crippen LogP contribution in [0.5, 0.6) is 0 Å². The Hall–Kier alpha value is -4.07. The lowest BCUT2D eigenvalue weighted by Gasteiger charge is -2.11. The smallest absolute Gasteiger partial charge is 0.311 e. The summed E-state index contributed by atoms with van der Waals surface area (Å²) in [6.45, 7) is 2.55. The topological polar surface area (TPSA) is 60.1 Å². The van der Waals surface area contributed by atoms with E-state index in [9.17, 15) is 18.0 Å². The van der Waals surface area contributed by atoms with E-state index < -0.39 is 11.9 Å². The Morgan fingerprint density at radius 1 is 0.912 bits per heavy atom. The molecular weight excluding hydrogens is 441 g/mol. The van der Waals surface area contributed by atoms with Crippen molar-refractivity contribution in [2.75, 3.05) is 0 Å². The maximum absolute atomic E-state index is 12.9. The molecule has 4 heterocycles. The normalized spacial score (nSPS) is 13.0. The Morgan fingerprint density at radius 2 is 1.71 bits per heavy atom. The van der Waals surface area contributed by atoms with Gasteiger partial charge in [0, 0.05) is 41.5 Å². The summed E-state index contributed by atoms with van der Waals surface area (Å²) < 4.78 is 40.2. The Balaban J connectivity index is 1.43. The zero-order valence-electron chi connectivity index (χ0n) is 18.2. The number of hydrogen-bond donors (Lipinski definition) is 0. The number of fused-ring (bicyclic) bond motifs is 1. The van der Waals surface area contributed by atoms with Gasteiger partial charge in [0.2, 0.25) is 0 Å². The molecular formula is C26H19F3N4O. The van der Waals surface area contributed by atoms with Gasteiger partial charge in [-0.25, -0.2) is 0 Å². The quantitative estimate of drug-likeness (QED) is 0.429. The van der Waals surface area contributed by atoms with Crippen molar-refractivity contribution < 1.29 is 13.2 Å². The van der Waals surface area contributed by atoms with Gasteiger partial charge in [-0.2, -0.15) is 13.2 Å². The van der Waals surface area contributed by atoms with E-state index in [4.69, 9.17) is 4.99 Å². The lowest BCUT2D eigenvalue weighted by atomic mass is 9.96. The van der Waals surface area contributed by atoms with Crippen molar-refractivity contribution in [3.05, 3.63) is 117 Å². The second-order valence-electron chi connectivity index (χ2n) is 8.15. The van der Waals surface area contributed by atoms with Crippen LogP contribution in [-0.2, 0) is 19.3 Å². The Morgan fingerprint density at radius 3 is 2.47 bits per heavy atom. The number of nitrogens with zero attached hydrogens (tertiary/aromatic N) is 4. The lowest BCUT2D eigenvalue weighted by molar-refractivity contribution is -0.141. The van der Waals surface area contributed by atoms with Crippen molar-refractivity contribution in [2.24, 2.45) is 4.99 Å². The maximum Gasteiger partial charge on any atom is 0.433 e. The van der Waals surface area contributed by atoms with Crippen LogP contribution in [0.4, 0.5) is 13.2 Å². The second-order valence-corrected chi connectivity index (χ2v) is 8.15. The van der Waals surface area contributed by atoms with E-state index in [1.165, 1.54) is 16.7 Å². The van der Waals surface area contributed by atoms with Crippen LogP contribution in [0.25, 0.3) is 11.1 Å². The van der Waals surface area contributed by atoms with Gasteiger partial charge < -0.3 is 4.57 Å². The van der Waals surface area contributed by atoms with Crippen molar-refractivity contribution in [3.8, 4) is 11.1 Å². The van der Waals surface area contributed by atoms with Gasteiger partial charge in [0.15, 0.2) is 0 Å². The van der Waals surface area contributed by atoms with E-state index in [1.54, 1.807) is 18.5 Å². The molecule has 5 nitrogen and oxygen atoms in total. The summed E-state index contributed by atoms with van der Waals surface area (Å²) in [5.74, 6) is 0. The van der Waals surface area contributed by atoms with Crippen molar-refractivity contribution in [1.82, 2.24) is 14.5 Å². The van der Waals surface area contributed by atoms with Crippen LogP contribution >= 0.6 is 0 Å².